The summed E-state index contributed by atoms with van der Waals surface area (Å²) < 4.78 is 13.0. The minimum absolute atomic E-state index is 0.0758. The summed E-state index contributed by atoms with van der Waals surface area (Å²) >= 11 is 0. The van der Waals surface area contributed by atoms with Crippen molar-refractivity contribution in [3.8, 4) is 11.4 Å². The van der Waals surface area contributed by atoms with Gasteiger partial charge in [-0.25, -0.2) is 4.68 Å². The smallest absolute Gasteiger partial charge is 0.224 e. The molecule has 0 spiro atoms. The molecule has 5 rings (SSSR count). The normalized spacial score (nSPS) is 36.1. The monoisotopic (exact) mass is 287 g/mol. The molecule has 5 heterocycles. The van der Waals surface area contributed by atoms with E-state index in [-0.39, 0.29) is 12.1 Å². The van der Waals surface area contributed by atoms with E-state index in [2.05, 4.69) is 20.4 Å². The molecule has 2 aromatic heterocycles. The Kier molecular flexibility index (Phi) is 2.09. The first-order valence-corrected chi connectivity index (χ1v) is 6.87. The highest BCUT2D eigenvalue weighted by atomic mass is 16.7. The molecule has 2 saturated heterocycles. The topological polar surface area (TPSA) is 94.3 Å². The molecule has 4 atom stereocenters. The van der Waals surface area contributed by atoms with Crippen molar-refractivity contribution < 1.29 is 14.6 Å². The molecule has 0 aromatic carbocycles. The van der Waals surface area contributed by atoms with Crippen LogP contribution in [0.3, 0.4) is 0 Å². The summed E-state index contributed by atoms with van der Waals surface area (Å²) in [6.45, 7) is 0.462. The number of aromatic nitrogens is 4. The van der Waals surface area contributed by atoms with Gasteiger partial charge in [0.05, 0.1) is 12.6 Å². The maximum absolute atomic E-state index is 10.7. The maximum atomic E-state index is 10.7. The zero-order valence-corrected chi connectivity index (χ0v) is 11.0. The van der Waals surface area contributed by atoms with Crippen LogP contribution in [-0.2, 0) is 9.47 Å². The van der Waals surface area contributed by atoms with Crippen molar-refractivity contribution in [2.75, 3.05) is 11.9 Å². The lowest BCUT2D eigenvalue weighted by Gasteiger charge is -2.44. The summed E-state index contributed by atoms with van der Waals surface area (Å²) in [4.78, 5) is 8.48. The van der Waals surface area contributed by atoms with Crippen molar-refractivity contribution in [3.05, 3.63) is 24.5 Å². The number of ether oxygens (including phenoxy) is 2. The zero-order valence-electron chi connectivity index (χ0n) is 11.0. The Labute approximate surface area is 119 Å². The van der Waals surface area contributed by atoms with Crippen molar-refractivity contribution >= 4 is 5.95 Å². The molecule has 0 unspecified atom stereocenters. The van der Waals surface area contributed by atoms with Crippen LogP contribution in [0.1, 0.15) is 12.5 Å². The van der Waals surface area contributed by atoms with Crippen molar-refractivity contribution in [3.63, 3.8) is 0 Å². The van der Waals surface area contributed by atoms with Gasteiger partial charge in [0.1, 0.15) is 6.10 Å². The van der Waals surface area contributed by atoms with Gasteiger partial charge in [-0.1, -0.05) is 0 Å². The molecule has 3 aliphatic heterocycles. The quantitative estimate of drug-likeness (QED) is 0.770. The molecule has 4 bridgehead atoms. The molecule has 3 aliphatic rings. The van der Waals surface area contributed by atoms with Gasteiger partial charge in [0, 0.05) is 24.4 Å². The summed E-state index contributed by atoms with van der Waals surface area (Å²) in [5.74, 6) is 1.15. The Balaban J connectivity index is 1.62. The van der Waals surface area contributed by atoms with E-state index in [0.29, 0.717) is 24.8 Å². The zero-order chi connectivity index (χ0) is 14.0. The number of rotatable bonds is 1. The highest BCUT2D eigenvalue weighted by Gasteiger charge is 2.57. The lowest BCUT2D eigenvalue weighted by Crippen LogP contribution is -2.58. The number of nitrogens with one attached hydrogen (secondary N) is 1. The summed E-state index contributed by atoms with van der Waals surface area (Å²) in [5, 5.41) is 18.2. The molecular formula is C13H13N5O3. The number of pyridine rings is 1. The molecule has 0 saturated carbocycles. The van der Waals surface area contributed by atoms with E-state index in [9.17, 15) is 5.11 Å². The average molecular weight is 287 g/mol. The van der Waals surface area contributed by atoms with E-state index in [1.165, 1.54) is 0 Å². The van der Waals surface area contributed by atoms with Gasteiger partial charge in [0.25, 0.3) is 0 Å². The predicted octanol–water partition coefficient (Wildman–Crippen LogP) is 0.140. The Morgan fingerprint density at radius 3 is 3.10 bits per heavy atom. The molecule has 2 aromatic rings. The van der Waals surface area contributed by atoms with Crippen LogP contribution >= 0.6 is 0 Å². The molecule has 8 nitrogen and oxygen atoms in total. The number of anilines is 1. The first-order valence-electron chi connectivity index (χ1n) is 6.87. The van der Waals surface area contributed by atoms with Crippen LogP contribution < -0.4 is 5.32 Å². The van der Waals surface area contributed by atoms with Crippen LogP contribution in [0.25, 0.3) is 11.4 Å². The van der Waals surface area contributed by atoms with E-state index in [0.717, 1.165) is 5.56 Å². The number of hydrogen-bond acceptors (Lipinski definition) is 7. The van der Waals surface area contributed by atoms with Gasteiger partial charge in [0.15, 0.2) is 11.5 Å². The van der Waals surface area contributed by atoms with Crippen LogP contribution in [0.15, 0.2) is 24.5 Å². The second-order valence-electron chi connectivity index (χ2n) is 5.60. The minimum Gasteiger partial charge on any atom is -0.366 e. The molecule has 108 valence electrons. The third kappa shape index (κ3) is 1.52. The van der Waals surface area contributed by atoms with Crippen molar-refractivity contribution in [1.82, 2.24) is 19.7 Å². The molecule has 0 amide bonds. The highest BCUT2D eigenvalue weighted by molar-refractivity contribution is 5.56. The summed E-state index contributed by atoms with van der Waals surface area (Å²) in [5.41, 5.74) is -0.353. The third-order valence-electron chi connectivity index (χ3n) is 4.26. The van der Waals surface area contributed by atoms with Gasteiger partial charge in [-0.3, -0.25) is 4.98 Å². The summed E-state index contributed by atoms with van der Waals surface area (Å²) in [7, 11) is 0. The van der Waals surface area contributed by atoms with Crippen LogP contribution in [-0.4, -0.2) is 49.6 Å². The number of nitrogens with zero attached hydrogens (tertiary/aromatic N) is 4. The van der Waals surface area contributed by atoms with E-state index in [4.69, 9.17) is 9.47 Å². The lowest BCUT2D eigenvalue weighted by atomic mass is 9.95. The van der Waals surface area contributed by atoms with Crippen molar-refractivity contribution in [2.45, 2.75) is 30.6 Å². The fourth-order valence-electron chi connectivity index (χ4n) is 3.23. The van der Waals surface area contributed by atoms with Gasteiger partial charge >= 0.3 is 0 Å². The fourth-order valence-corrected chi connectivity index (χ4v) is 3.23. The van der Waals surface area contributed by atoms with Crippen LogP contribution in [0.5, 0.6) is 0 Å². The van der Waals surface area contributed by atoms with Gasteiger partial charge in [0.2, 0.25) is 12.2 Å². The number of aliphatic hydroxyl groups is 1. The largest absolute Gasteiger partial charge is 0.366 e. The van der Waals surface area contributed by atoms with Crippen molar-refractivity contribution in [2.24, 2.45) is 0 Å². The molecule has 2 N–H and O–H groups in total. The summed E-state index contributed by atoms with van der Waals surface area (Å²) in [6.07, 6.45) is 3.16. The maximum Gasteiger partial charge on any atom is 0.224 e. The van der Waals surface area contributed by atoms with E-state index in [1.807, 2.05) is 12.1 Å². The van der Waals surface area contributed by atoms with Gasteiger partial charge < -0.3 is 19.9 Å². The van der Waals surface area contributed by atoms with Crippen LogP contribution in [0.4, 0.5) is 5.95 Å². The van der Waals surface area contributed by atoms with Gasteiger partial charge in [-0.2, -0.15) is 4.98 Å². The van der Waals surface area contributed by atoms with E-state index in [1.54, 1.807) is 17.1 Å². The van der Waals surface area contributed by atoms with Crippen molar-refractivity contribution in [1.29, 1.82) is 0 Å². The molecule has 21 heavy (non-hydrogen) atoms. The van der Waals surface area contributed by atoms with Gasteiger partial charge in [-0.05, 0) is 12.1 Å². The second kappa shape index (κ2) is 3.79. The molecule has 2 fully saturated rings. The third-order valence-corrected chi connectivity index (χ3v) is 4.26. The Morgan fingerprint density at radius 2 is 2.24 bits per heavy atom. The number of fused-ring (bicyclic) bond motifs is 8. The highest BCUT2D eigenvalue weighted by Crippen LogP contribution is 2.45. The summed E-state index contributed by atoms with van der Waals surface area (Å²) in [6, 6.07) is 3.63. The molecule has 8 heteroatoms. The molecular weight excluding hydrogens is 274 g/mol. The Morgan fingerprint density at radius 1 is 1.38 bits per heavy atom. The molecule has 0 radical (unpaired) electrons. The standard InChI is InChI=1S/C13H13N5O3/c19-13-5-8(9-6-20-11(13)21-9)18-12(16-13)15-10(17-18)7-1-3-14-4-2-7/h1-4,8-9,11,19H,5-6H2,(H,15,16,17)/t8-,9+,11+,13-/m0/s1. The second-order valence-corrected chi connectivity index (χ2v) is 5.60. The van der Waals surface area contributed by atoms with Gasteiger partial charge in [-0.15, -0.1) is 5.10 Å². The Bertz CT molecular complexity index is 705. The van der Waals surface area contributed by atoms with E-state index >= 15 is 0 Å². The predicted molar refractivity (Wildman–Crippen MR) is 70.1 cm³/mol. The fraction of sp³-hybridized carbons (Fsp3) is 0.462. The molecule has 0 aliphatic carbocycles. The van der Waals surface area contributed by atoms with Crippen LogP contribution in [0, 0.1) is 0 Å². The van der Waals surface area contributed by atoms with Crippen LogP contribution in [0.2, 0.25) is 0 Å². The first kappa shape index (κ1) is 11.6. The first-order chi connectivity index (χ1) is 10.2. The van der Waals surface area contributed by atoms with E-state index < -0.39 is 12.0 Å². The average Bonchev–Trinajstić information content (AvgIpc) is 3.11. The lowest BCUT2D eigenvalue weighted by molar-refractivity contribution is -0.215. The Hall–Kier alpha value is -2.03. The SMILES string of the molecule is O[C@@]12C[C@@H]([C@H]3CO[C@@H]1O3)n1nc(-c3ccncc3)nc1N2. The minimum atomic E-state index is -1.24. The number of hydrogen-bond donors (Lipinski definition) is 2.